The minimum absolute atomic E-state index is 0.404. The number of carbonyl (C=O) groups excluding carboxylic acids is 3. The number of urea groups is 1. The van der Waals surface area contributed by atoms with Gasteiger partial charge in [0.2, 0.25) is 5.91 Å². The molecule has 1 atom stereocenters. The van der Waals surface area contributed by atoms with E-state index in [0.717, 1.165) is 15.8 Å². The molecule has 0 bridgehead atoms. The highest BCUT2D eigenvalue weighted by molar-refractivity contribution is 6.11. The summed E-state index contributed by atoms with van der Waals surface area (Å²) < 4.78 is 5.26. The lowest BCUT2D eigenvalue weighted by Gasteiger charge is -2.23. The van der Waals surface area contributed by atoms with E-state index in [9.17, 15) is 14.4 Å². The Morgan fingerprint density at radius 3 is 2.71 bits per heavy atom. The smallest absolute Gasteiger partial charge is 0.325 e. The lowest BCUT2D eigenvalue weighted by atomic mass is 9.90. The van der Waals surface area contributed by atoms with Crippen LogP contribution in [0.15, 0.2) is 54.7 Å². The number of anilines is 1. The van der Waals surface area contributed by atoms with E-state index in [1.54, 1.807) is 50.6 Å². The molecule has 0 radical (unpaired) electrons. The van der Waals surface area contributed by atoms with Crippen LogP contribution in [0.25, 0.3) is 10.9 Å². The van der Waals surface area contributed by atoms with E-state index in [1.165, 1.54) is 0 Å². The van der Waals surface area contributed by atoms with Crippen LogP contribution in [0.4, 0.5) is 10.5 Å². The zero-order valence-corrected chi connectivity index (χ0v) is 17.4. The molecule has 1 aliphatic heterocycles. The van der Waals surface area contributed by atoms with E-state index in [4.69, 9.17) is 4.74 Å². The minimum Gasteiger partial charge on any atom is -0.496 e. The van der Waals surface area contributed by atoms with Gasteiger partial charge in [-0.2, -0.15) is 0 Å². The molecule has 1 saturated heterocycles. The molecule has 2 heterocycles. The van der Waals surface area contributed by atoms with Gasteiger partial charge in [0.05, 0.1) is 18.3 Å². The number of nitrogens with one attached hydrogen (secondary N) is 2. The first kappa shape index (κ1) is 20.3. The Morgan fingerprint density at radius 2 is 1.97 bits per heavy atom. The molecule has 2 N–H and O–H groups in total. The number of methoxy groups -OCH3 is 1. The zero-order valence-electron chi connectivity index (χ0n) is 17.4. The number of pyridine rings is 1. The van der Waals surface area contributed by atoms with Gasteiger partial charge in [-0.25, -0.2) is 4.79 Å². The molecule has 3 aromatic rings. The average molecular weight is 418 g/mol. The number of hydrogen-bond acceptors (Lipinski definition) is 5. The van der Waals surface area contributed by atoms with Crippen molar-refractivity contribution in [2.75, 3.05) is 19.0 Å². The Bertz CT molecular complexity index is 1200. The largest absolute Gasteiger partial charge is 0.496 e. The van der Waals surface area contributed by atoms with Crippen molar-refractivity contribution in [1.29, 1.82) is 0 Å². The van der Waals surface area contributed by atoms with Crippen molar-refractivity contribution in [3.05, 3.63) is 65.9 Å². The van der Waals surface area contributed by atoms with Crippen molar-refractivity contribution in [3.8, 4) is 5.75 Å². The van der Waals surface area contributed by atoms with Gasteiger partial charge in [-0.15, -0.1) is 0 Å². The molecule has 0 aliphatic carbocycles. The first-order valence-corrected chi connectivity index (χ1v) is 9.76. The van der Waals surface area contributed by atoms with Crippen LogP contribution in [0.1, 0.15) is 18.1 Å². The highest BCUT2D eigenvalue weighted by atomic mass is 16.5. The number of aromatic nitrogens is 1. The second kappa shape index (κ2) is 7.71. The van der Waals surface area contributed by atoms with E-state index in [0.29, 0.717) is 22.5 Å². The van der Waals surface area contributed by atoms with Crippen LogP contribution < -0.4 is 15.4 Å². The number of hydrogen-bond donors (Lipinski definition) is 2. The van der Waals surface area contributed by atoms with Gasteiger partial charge in [-0.05, 0) is 49.2 Å². The molecule has 2 aromatic carbocycles. The summed E-state index contributed by atoms with van der Waals surface area (Å²) in [4.78, 5) is 43.6. The van der Waals surface area contributed by atoms with Crippen molar-refractivity contribution in [1.82, 2.24) is 15.2 Å². The number of para-hydroxylation sites is 1. The third kappa shape index (κ3) is 3.56. The molecule has 8 heteroatoms. The summed E-state index contributed by atoms with van der Waals surface area (Å²) in [6.07, 6.45) is 1.64. The third-order valence-corrected chi connectivity index (χ3v) is 5.46. The van der Waals surface area contributed by atoms with Gasteiger partial charge in [-0.3, -0.25) is 19.5 Å². The number of ether oxygens (including phenoxy) is 1. The van der Waals surface area contributed by atoms with Crippen LogP contribution >= 0.6 is 0 Å². The Kier molecular flexibility index (Phi) is 5.06. The molecular formula is C23H22N4O4. The molecule has 0 saturated carbocycles. The summed E-state index contributed by atoms with van der Waals surface area (Å²) in [5, 5.41) is 6.34. The van der Waals surface area contributed by atoms with E-state index < -0.39 is 29.9 Å². The summed E-state index contributed by atoms with van der Waals surface area (Å²) in [5.41, 5.74) is 1.33. The van der Waals surface area contributed by atoms with Gasteiger partial charge >= 0.3 is 6.03 Å². The Labute approximate surface area is 179 Å². The highest BCUT2D eigenvalue weighted by Gasteiger charge is 2.49. The number of amides is 4. The van der Waals surface area contributed by atoms with Crippen molar-refractivity contribution >= 4 is 34.4 Å². The number of aryl methyl sites for hydroxylation is 1. The van der Waals surface area contributed by atoms with E-state index in [1.807, 2.05) is 25.1 Å². The van der Waals surface area contributed by atoms with Gasteiger partial charge in [0.25, 0.3) is 5.91 Å². The Hall–Kier alpha value is -3.94. The molecule has 4 rings (SSSR count). The van der Waals surface area contributed by atoms with Gasteiger partial charge in [0.1, 0.15) is 17.8 Å². The molecule has 1 fully saturated rings. The fraction of sp³-hybridized carbons (Fsp3) is 0.217. The summed E-state index contributed by atoms with van der Waals surface area (Å²) in [7, 11) is 1.57. The van der Waals surface area contributed by atoms with E-state index >= 15 is 0 Å². The normalized spacial score (nSPS) is 18.2. The van der Waals surface area contributed by atoms with Gasteiger partial charge in [0, 0.05) is 11.6 Å². The molecule has 8 nitrogen and oxygen atoms in total. The van der Waals surface area contributed by atoms with Crippen molar-refractivity contribution in [2.24, 2.45) is 0 Å². The van der Waals surface area contributed by atoms with Crippen LogP contribution in [0.2, 0.25) is 0 Å². The van der Waals surface area contributed by atoms with E-state index in [2.05, 4.69) is 15.6 Å². The SMILES string of the molecule is COc1ccc(C2(C)NC(=O)N(CC(=O)Nc3cccc4cccnc34)C2=O)cc1C. The quantitative estimate of drug-likeness (QED) is 0.621. The lowest BCUT2D eigenvalue weighted by Crippen LogP contribution is -2.42. The maximum absolute atomic E-state index is 13.1. The number of carbonyl (C=O) groups is 3. The zero-order chi connectivity index (χ0) is 22.2. The molecule has 158 valence electrons. The summed E-state index contributed by atoms with van der Waals surface area (Å²) >= 11 is 0. The first-order chi connectivity index (χ1) is 14.8. The first-order valence-electron chi connectivity index (χ1n) is 9.76. The minimum atomic E-state index is -1.27. The van der Waals surface area contributed by atoms with Crippen LogP contribution in [0.3, 0.4) is 0 Å². The lowest BCUT2D eigenvalue weighted by molar-refractivity contribution is -0.133. The predicted molar refractivity (Wildman–Crippen MR) is 116 cm³/mol. The molecule has 1 aromatic heterocycles. The van der Waals surface area contributed by atoms with Crippen LogP contribution in [-0.4, -0.2) is 41.4 Å². The van der Waals surface area contributed by atoms with Crippen molar-refractivity contribution in [2.45, 2.75) is 19.4 Å². The second-order valence-electron chi connectivity index (χ2n) is 7.56. The molecule has 0 spiro atoms. The van der Waals surface area contributed by atoms with Gasteiger partial charge in [0.15, 0.2) is 0 Å². The van der Waals surface area contributed by atoms with Gasteiger partial charge in [-0.1, -0.05) is 24.3 Å². The number of imide groups is 1. The molecule has 4 amide bonds. The van der Waals surface area contributed by atoms with Crippen molar-refractivity contribution < 1.29 is 19.1 Å². The highest BCUT2D eigenvalue weighted by Crippen LogP contribution is 2.31. The van der Waals surface area contributed by atoms with Gasteiger partial charge < -0.3 is 15.4 Å². The molecular weight excluding hydrogens is 396 g/mol. The topological polar surface area (TPSA) is 101 Å². The molecule has 1 unspecified atom stereocenters. The molecule has 31 heavy (non-hydrogen) atoms. The predicted octanol–water partition coefficient (Wildman–Crippen LogP) is 2.96. The maximum Gasteiger partial charge on any atom is 0.325 e. The Morgan fingerprint density at radius 1 is 1.19 bits per heavy atom. The maximum atomic E-state index is 13.1. The summed E-state index contributed by atoms with van der Waals surface area (Å²) in [6.45, 7) is 3.08. The number of benzene rings is 2. The standard InChI is InChI=1S/C23H22N4O4/c1-14-12-16(9-10-18(14)31-3)23(2)21(29)27(22(30)26-23)13-19(28)25-17-8-4-6-15-7-5-11-24-20(15)17/h4-12H,13H2,1-3H3,(H,25,28)(H,26,30). The summed E-state index contributed by atoms with van der Waals surface area (Å²) in [5.74, 6) is -0.297. The van der Waals surface area contributed by atoms with Crippen molar-refractivity contribution in [3.63, 3.8) is 0 Å². The monoisotopic (exact) mass is 418 g/mol. The van der Waals surface area contributed by atoms with Crippen LogP contribution in [-0.2, 0) is 15.1 Å². The average Bonchev–Trinajstić information content (AvgIpc) is 2.98. The summed E-state index contributed by atoms with van der Waals surface area (Å²) in [6, 6.07) is 13.8. The third-order valence-electron chi connectivity index (χ3n) is 5.46. The Balaban J connectivity index is 1.54. The number of rotatable bonds is 5. The van der Waals surface area contributed by atoms with E-state index in [-0.39, 0.29) is 0 Å². The molecule has 1 aliphatic rings. The van der Waals surface area contributed by atoms with Crippen LogP contribution in [0, 0.1) is 6.92 Å². The van der Waals surface area contributed by atoms with Crippen LogP contribution in [0.5, 0.6) is 5.75 Å². The fourth-order valence-electron chi connectivity index (χ4n) is 3.76. The second-order valence-corrected chi connectivity index (χ2v) is 7.56. The number of fused-ring (bicyclic) bond motifs is 1. The fourth-order valence-corrected chi connectivity index (χ4v) is 3.76. The number of nitrogens with zero attached hydrogens (tertiary/aromatic N) is 2.